The fourth-order valence-electron chi connectivity index (χ4n) is 4.43. The van der Waals surface area contributed by atoms with Crippen LogP contribution < -0.4 is 0 Å². The summed E-state index contributed by atoms with van der Waals surface area (Å²) in [5.41, 5.74) is 0.765. The summed E-state index contributed by atoms with van der Waals surface area (Å²) in [6.45, 7) is 6.36. The molecule has 1 aliphatic heterocycles. The smallest absolute Gasteiger partial charge is 0.243 e. The van der Waals surface area contributed by atoms with E-state index in [9.17, 15) is 26.0 Å². The van der Waals surface area contributed by atoms with E-state index in [0.717, 1.165) is 24.6 Å². The standard InChI is InChI=1S/C25H29F4N3O3S2/c1-3-35-11-5-10-32-21-8-7-18(37(33,34)31-9-4-6-16(2)14-31)13-20(21)30-25(32)36-15-17-12-19(26)23(28)24(29)22(17)27/h7-8,12-13,16H,3-6,9-11,14-15H2,1-2H3/t16-/m0/s1. The third-order valence-electron chi connectivity index (χ3n) is 6.35. The number of imidazole rings is 1. The quantitative estimate of drug-likeness (QED) is 0.104. The number of piperidine rings is 1. The van der Waals surface area contributed by atoms with Crippen LogP contribution in [0.1, 0.15) is 38.7 Å². The second kappa shape index (κ2) is 11.7. The average molecular weight is 560 g/mol. The van der Waals surface area contributed by atoms with Gasteiger partial charge >= 0.3 is 0 Å². The van der Waals surface area contributed by atoms with Crippen molar-refractivity contribution < 1.29 is 30.7 Å². The Morgan fingerprint density at radius 3 is 2.65 bits per heavy atom. The van der Waals surface area contributed by atoms with Crippen molar-refractivity contribution in [1.82, 2.24) is 13.9 Å². The maximum Gasteiger partial charge on any atom is 0.243 e. The molecule has 0 saturated carbocycles. The van der Waals surface area contributed by atoms with E-state index in [-0.39, 0.29) is 22.1 Å². The summed E-state index contributed by atoms with van der Waals surface area (Å²) < 4.78 is 90.3. The number of thioether (sulfide) groups is 1. The Morgan fingerprint density at radius 1 is 1.14 bits per heavy atom. The molecule has 0 bridgehead atoms. The van der Waals surface area contributed by atoms with Gasteiger partial charge in [0.25, 0.3) is 0 Å². The number of sulfonamides is 1. The first-order valence-electron chi connectivity index (χ1n) is 12.2. The number of aryl methyl sites for hydroxylation is 1. The van der Waals surface area contributed by atoms with E-state index in [1.165, 1.54) is 10.4 Å². The van der Waals surface area contributed by atoms with Gasteiger partial charge in [0.05, 0.1) is 15.9 Å². The Kier molecular flexibility index (Phi) is 8.82. The van der Waals surface area contributed by atoms with Crippen molar-refractivity contribution in [3.05, 3.63) is 53.1 Å². The van der Waals surface area contributed by atoms with Crippen molar-refractivity contribution >= 4 is 32.8 Å². The van der Waals surface area contributed by atoms with E-state index in [1.807, 2.05) is 18.4 Å². The Balaban J connectivity index is 1.66. The van der Waals surface area contributed by atoms with Crippen LogP contribution in [0.15, 0.2) is 34.3 Å². The van der Waals surface area contributed by atoms with Crippen LogP contribution in [-0.2, 0) is 27.1 Å². The van der Waals surface area contributed by atoms with Gasteiger partial charge in [0.15, 0.2) is 28.4 Å². The lowest BCUT2D eigenvalue weighted by Crippen LogP contribution is -2.39. The molecule has 1 saturated heterocycles. The van der Waals surface area contributed by atoms with Gasteiger partial charge in [-0.1, -0.05) is 18.7 Å². The third kappa shape index (κ3) is 5.97. The molecule has 0 amide bonds. The monoisotopic (exact) mass is 559 g/mol. The van der Waals surface area contributed by atoms with Crippen molar-refractivity contribution in [1.29, 1.82) is 0 Å². The summed E-state index contributed by atoms with van der Waals surface area (Å²) in [4.78, 5) is 4.71. The number of fused-ring (bicyclic) bond motifs is 1. The lowest BCUT2D eigenvalue weighted by Gasteiger charge is -2.30. The molecule has 0 N–H and O–H groups in total. The molecule has 0 unspecified atom stereocenters. The molecule has 2 aromatic carbocycles. The topological polar surface area (TPSA) is 64.4 Å². The van der Waals surface area contributed by atoms with Gasteiger partial charge in [-0.05, 0) is 56.4 Å². The van der Waals surface area contributed by atoms with Gasteiger partial charge in [0.2, 0.25) is 10.0 Å². The van der Waals surface area contributed by atoms with E-state index in [1.54, 1.807) is 12.1 Å². The van der Waals surface area contributed by atoms with Crippen molar-refractivity contribution in [3.63, 3.8) is 0 Å². The minimum Gasteiger partial charge on any atom is -0.382 e. The number of benzene rings is 2. The van der Waals surface area contributed by atoms with Crippen LogP contribution in [0.25, 0.3) is 11.0 Å². The fourth-order valence-corrected chi connectivity index (χ4v) is 7.05. The van der Waals surface area contributed by atoms with E-state index >= 15 is 0 Å². The predicted molar refractivity (Wildman–Crippen MR) is 134 cm³/mol. The number of hydrogen-bond acceptors (Lipinski definition) is 5. The molecule has 0 radical (unpaired) electrons. The summed E-state index contributed by atoms with van der Waals surface area (Å²) in [5, 5.41) is 0.414. The maximum atomic E-state index is 14.2. The average Bonchev–Trinajstić information content (AvgIpc) is 3.23. The van der Waals surface area contributed by atoms with Gasteiger partial charge in [-0.15, -0.1) is 0 Å². The number of hydrogen-bond donors (Lipinski definition) is 0. The van der Waals surface area contributed by atoms with Gasteiger partial charge in [-0.25, -0.2) is 31.0 Å². The number of nitrogens with zero attached hydrogens (tertiary/aromatic N) is 3. The molecule has 12 heteroatoms. The second-order valence-corrected chi connectivity index (χ2v) is 12.0. The summed E-state index contributed by atoms with van der Waals surface area (Å²) in [6, 6.07) is 5.39. The highest BCUT2D eigenvalue weighted by Crippen LogP contribution is 2.32. The Hall–Kier alpha value is -2.15. The van der Waals surface area contributed by atoms with Crippen LogP contribution in [0.4, 0.5) is 17.6 Å². The highest BCUT2D eigenvalue weighted by atomic mass is 32.2. The molecule has 1 aromatic heterocycles. The largest absolute Gasteiger partial charge is 0.382 e. The zero-order chi connectivity index (χ0) is 26.7. The molecule has 37 heavy (non-hydrogen) atoms. The molecule has 202 valence electrons. The van der Waals surface area contributed by atoms with Gasteiger partial charge in [0.1, 0.15) is 0 Å². The minimum absolute atomic E-state index is 0.137. The number of ether oxygens (including phenoxy) is 1. The Labute approximate surface area is 218 Å². The van der Waals surface area contributed by atoms with Gasteiger partial charge in [-0.2, -0.15) is 4.31 Å². The van der Waals surface area contributed by atoms with Crippen molar-refractivity contribution in [3.8, 4) is 0 Å². The van der Waals surface area contributed by atoms with Gasteiger partial charge in [0, 0.05) is 44.2 Å². The zero-order valence-corrected chi connectivity index (χ0v) is 22.3. The van der Waals surface area contributed by atoms with Crippen LogP contribution >= 0.6 is 11.8 Å². The van der Waals surface area contributed by atoms with E-state index < -0.39 is 33.3 Å². The molecule has 1 atom stereocenters. The first-order valence-corrected chi connectivity index (χ1v) is 14.6. The minimum atomic E-state index is -3.70. The first kappa shape index (κ1) is 27.9. The van der Waals surface area contributed by atoms with Crippen molar-refractivity contribution in [2.75, 3.05) is 26.3 Å². The molecule has 4 rings (SSSR count). The summed E-state index contributed by atoms with van der Waals surface area (Å²) in [7, 11) is -3.70. The maximum absolute atomic E-state index is 14.2. The predicted octanol–water partition coefficient (Wildman–Crippen LogP) is 5.73. The normalized spacial score (nSPS) is 17.1. The van der Waals surface area contributed by atoms with Crippen LogP contribution in [-0.4, -0.2) is 48.6 Å². The molecule has 0 aliphatic carbocycles. The van der Waals surface area contributed by atoms with Crippen molar-refractivity contribution in [2.24, 2.45) is 5.92 Å². The van der Waals surface area contributed by atoms with Crippen LogP contribution in [0.5, 0.6) is 0 Å². The van der Waals surface area contributed by atoms with Crippen LogP contribution in [0, 0.1) is 29.2 Å². The summed E-state index contributed by atoms with van der Waals surface area (Å²) in [6.07, 6.45) is 2.42. The molecule has 1 aliphatic rings. The van der Waals surface area contributed by atoms with Gasteiger partial charge in [-0.3, -0.25) is 0 Å². The molecule has 2 heterocycles. The molecular formula is C25H29F4N3O3S2. The zero-order valence-electron chi connectivity index (χ0n) is 20.6. The summed E-state index contributed by atoms with van der Waals surface area (Å²) >= 11 is 1.02. The third-order valence-corrected chi connectivity index (χ3v) is 9.24. The number of halogens is 4. The second-order valence-electron chi connectivity index (χ2n) is 9.11. The Bertz CT molecular complexity index is 1380. The number of rotatable bonds is 10. The van der Waals surface area contributed by atoms with Crippen LogP contribution in [0.2, 0.25) is 0 Å². The molecule has 6 nitrogen and oxygen atoms in total. The molecular weight excluding hydrogens is 530 g/mol. The lowest BCUT2D eigenvalue weighted by atomic mass is 10.0. The number of aromatic nitrogens is 2. The highest BCUT2D eigenvalue weighted by Gasteiger charge is 2.29. The van der Waals surface area contributed by atoms with E-state index in [2.05, 4.69) is 4.98 Å². The molecule has 0 spiro atoms. The molecule has 3 aromatic rings. The van der Waals surface area contributed by atoms with E-state index in [4.69, 9.17) is 4.74 Å². The fraction of sp³-hybridized carbons (Fsp3) is 0.480. The summed E-state index contributed by atoms with van der Waals surface area (Å²) in [5.74, 6) is -6.56. The molecule has 1 fully saturated rings. The van der Waals surface area contributed by atoms with Crippen LogP contribution in [0.3, 0.4) is 0 Å². The van der Waals surface area contributed by atoms with Gasteiger partial charge < -0.3 is 9.30 Å². The lowest BCUT2D eigenvalue weighted by molar-refractivity contribution is 0.141. The van der Waals surface area contributed by atoms with E-state index in [0.29, 0.717) is 61.5 Å². The SMILES string of the molecule is CCOCCCn1c(SCc2cc(F)c(F)c(F)c2F)nc2cc(S(=O)(=O)N3CCC[C@H](C)C3)ccc21. The Morgan fingerprint density at radius 2 is 1.92 bits per heavy atom. The van der Waals surface area contributed by atoms with Crippen molar-refractivity contribution in [2.45, 2.75) is 55.5 Å². The first-order chi connectivity index (χ1) is 17.6. The highest BCUT2D eigenvalue weighted by molar-refractivity contribution is 7.98.